The topological polar surface area (TPSA) is 43.8 Å². The van der Waals surface area contributed by atoms with Gasteiger partial charge in [-0.05, 0) is 44.2 Å². The van der Waals surface area contributed by atoms with E-state index >= 15 is 0 Å². The van der Waals surface area contributed by atoms with Crippen LogP contribution in [0.4, 0.5) is 4.39 Å². The van der Waals surface area contributed by atoms with Crippen molar-refractivity contribution in [2.75, 3.05) is 0 Å². The van der Waals surface area contributed by atoms with Gasteiger partial charge in [0.2, 0.25) is 0 Å². The van der Waals surface area contributed by atoms with E-state index in [1.54, 1.807) is 6.07 Å². The van der Waals surface area contributed by atoms with Crippen LogP contribution in [0, 0.1) is 5.82 Å². The molecule has 0 amide bonds. The third kappa shape index (κ3) is 1.94. The lowest BCUT2D eigenvalue weighted by Crippen LogP contribution is -2.28. The summed E-state index contributed by atoms with van der Waals surface area (Å²) in [5, 5.41) is 0. The Balaban J connectivity index is 1.85. The van der Waals surface area contributed by atoms with Gasteiger partial charge in [-0.25, -0.2) is 9.37 Å². The molecule has 4 heteroatoms. The number of hydrogen-bond donors (Lipinski definition) is 1. The number of imidazole rings is 1. The minimum atomic E-state index is -0.205. The van der Waals surface area contributed by atoms with Gasteiger partial charge in [-0.2, -0.15) is 0 Å². The predicted octanol–water partition coefficient (Wildman–Crippen LogP) is 3.50. The minimum absolute atomic E-state index is 0.205. The quantitative estimate of drug-likeness (QED) is 0.910. The molecule has 0 saturated heterocycles. The minimum Gasteiger partial charge on any atom is -0.328 e. The van der Waals surface area contributed by atoms with Crippen molar-refractivity contribution in [1.82, 2.24) is 9.55 Å². The van der Waals surface area contributed by atoms with E-state index in [0.29, 0.717) is 17.5 Å². The van der Waals surface area contributed by atoms with Crippen LogP contribution in [0.1, 0.15) is 56.3 Å². The molecule has 3 nitrogen and oxygen atoms in total. The van der Waals surface area contributed by atoms with Gasteiger partial charge in [0, 0.05) is 18.0 Å². The first-order valence-electron chi connectivity index (χ1n) is 7.66. The summed E-state index contributed by atoms with van der Waals surface area (Å²) in [5.74, 6) is 1.26. The second kappa shape index (κ2) is 4.55. The van der Waals surface area contributed by atoms with Gasteiger partial charge in [0.1, 0.15) is 11.3 Å². The van der Waals surface area contributed by atoms with Gasteiger partial charge in [0.15, 0.2) is 5.82 Å². The summed E-state index contributed by atoms with van der Waals surface area (Å²) in [7, 11) is 0. The highest BCUT2D eigenvalue weighted by Gasteiger charge is 2.33. The lowest BCUT2D eigenvalue weighted by Gasteiger charge is -2.26. The maximum Gasteiger partial charge on any atom is 0.151 e. The van der Waals surface area contributed by atoms with Crippen LogP contribution < -0.4 is 5.73 Å². The maximum atomic E-state index is 14.0. The van der Waals surface area contributed by atoms with Crippen LogP contribution in [-0.4, -0.2) is 15.6 Å². The molecule has 2 fully saturated rings. The molecule has 20 heavy (non-hydrogen) atoms. The molecule has 2 aromatic rings. The fourth-order valence-electron chi connectivity index (χ4n) is 3.57. The molecule has 0 spiro atoms. The zero-order valence-electron chi connectivity index (χ0n) is 11.6. The Hall–Kier alpha value is -1.42. The number of benzene rings is 1. The van der Waals surface area contributed by atoms with Crippen molar-refractivity contribution in [3.8, 4) is 0 Å². The first kappa shape index (κ1) is 12.3. The van der Waals surface area contributed by atoms with Gasteiger partial charge in [-0.3, -0.25) is 0 Å². The highest BCUT2D eigenvalue weighted by atomic mass is 19.1. The molecular formula is C16H20FN3. The van der Waals surface area contributed by atoms with E-state index in [4.69, 9.17) is 5.73 Å². The molecule has 1 aromatic carbocycles. The summed E-state index contributed by atoms with van der Waals surface area (Å²) in [6.45, 7) is 0. The average molecular weight is 273 g/mol. The summed E-state index contributed by atoms with van der Waals surface area (Å²) in [6, 6.07) is 6.08. The van der Waals surface area contributed by atoms with Gasteiger partial charge in [0.25, 0.3) is 0 Å². The van der Waals surface area contributed by atoms with Crippen LogP contribution in [0.15, 0.2) is 18.2 Å². The first-order valence-corrected chi connectivity index (χ1v) is 7.66. The maximum absolute atomic E-state index is 14.0. The Bertz CT molecular complexity index is 644. The van der Waals surface area contributed by atoms with E-state index in [2.05, 4.69) is 9.55 Å². The van der Waals surface area contributed by atoms with Crippen LogP contribution in [-0.2, 0) is 0 Å². The van der Waals surface area contributed by atoms with Gasteiger partial charge in [-0.15, -0.1) is 0 Å². The van der Waals surface area contributed by atoms with Crippen molar-refractivity contribution >= 4 is 11.0 Å². The standard InChI is InChI=1S/C16H20FN3/c17-13-5-2-6-14-15(13)19-16(20(14)12-7-8-12)10-3-1-4-11(18)9-10/h2,5-6,10-12H,1,3-4,7-9,18H2. The van der Waals surface area contributed by atoms with Crippen molar-refractivity contribution in [1.29, 1.82) is 0 Å². The number of nitrogens with zero attached hydrogens (tertiary/aromatic N) is 2. The number of nitrogens with two attached hydrogens (primary N) is 1. The Morgan fingerprint density at radius 3 is 2.80 bits per heavy atom. The Kier molecular flexibility index (Phi) is 2.81. The lowest BCUT2D eigenvalue weighted by molar-refractivity contribution is 0.374. The smallest absolute Gasteiger partial charge is 0.151 e. The van der Waals surface area contributed by atoms with Crippen LogP contribution >= 0.6 is 0 Å². The van der Waals surface area contributed by atoms with Gasteiger partial charge in [-0.1, -0.05) is 12.5 Å². The zero-order valence-corrected chi connectivity index (χ0v) is 11.6. The third-order valence-corrected chi connectivity index (χ3v) is 4.69. The fraction of sp³-hybridized carbons (Fsp3) is 0.562. The predicted molar refractivity (Wildman–Crippen MR) is 77.1 cm³/mol. The van der Waals surface area contributed by atoms with E-state index < -0.39 is 0 Å². The molecule has 2 unspecified atom stereocenters. The van der Waals surface area contributed by atoms with Crippen molar-refractivity contribution in [3.05, 3.63) is 29.8 Å². The fourth-order valence-corrected chi connectivity index (χ4v) is 3.57. The molecule has 0 bridgehead atoms. The SMILES string of the molecule is NC1CCCC(c2nc3c(F)cccc3n2C2CC2)C1. The molecule has 4 rings (SSSR count). The molecule has 2 aliphatic rings. The van der Waals surface area contributed by atoms with E-state index in [9.17, 15) is 4.39 Å². The molecule has 2 N–H and O–H groups in total. The highest BCUT2D eigenvalue weighted by molar-refractivity contribution is 5.77. The van der Waals surface area contributed by atoms with Crippen LogP contribution in [0.2, 0.25) is 0 Å². The van der Waals surface area contributed by atoms with E-state index in [0.717, 1.165) is 37.0 Å². The van der Waals surface area contributed by atoms with E-state index in [-0.39, 0.29) is 11.9 Å². The van der Waals surface area contributed by atoms with Crippen molar-refractivity contribution in [2.24, 2.45) is 5.73 Å². The van der Waals surface area contributed by atoms with Crippen molar-refractivity contribution in [2.45, 2.75) is 56.5 Å². The second-order valence-corrected chi connectivity index (χ2v) is 6.30. The summed E-state index contributed by atoms with van der Waals surface area (Å²) in [5.41, 5.74) is 7.61. The molecule has 0 aliphatic heterocycles. The number of halogens is 1. The Labute approximate surface area is 118 Å². The third-order valence-electron chi connectivity index (χ3n) is 4.69. The summed E-state index contributed by atoms with van der Waals surface area (Å²) >= 11 is 0. The van der Waals surface area contributed by atoms with Crippen LogP contribution in [0.25, 0.3) is 11.0 Å². The van der Waals surface area contributed by atoms with Crippen molar-refractivity contribution in [3.63, 3.8) is 0 Å². The molecule has 2 saturated carbocycles. The van der Waals surface area contributed by atoms with Crippen LogP contribution in [0.5, 0.6) is 0 Å². The average Bonchev–Trinajstić information content (AvgIpc) is 3.19. The normalized spacial score (nSPS) is 27.1. The largest absolute Gasteiger partial charge is 0.328 e. The van der Waals surface area contributed by atoms with Crippen molar-refractivity contribution < 1.29 is 4.39 Å². The summed E-state index contributed by atoms with van der Waals surface area (Å²) in [6.07, 6.45) is 6.75. The number of hydrogen-bond acceptors (Lipinski definition) is 2. The number of rotatable bonds is 2. The number of fused-ring (bicyclic) bond motifs is 1. The zero-order chi connectivity index (χ0) is 13.7. The van der Waals surface area contributed by atoms with Gasteiger partial charge >= 0.3 is 0 Å². The molecule has 2 atom stereocenters. The van der Waals surface area contributed by atoms with Crippen LogP contribution in [0.3, 0.4) is 0 Å². The second-order valence-electron chi connectivity index (χ2n) is 6.30. The molecule has 1 aromatic heterocycles. The first-order chi connectivity index (χ1) is 9.74. The number of aromatic nitrogens is 2. The molecule has 0 radical (unpaired) electrons. The monoisotopic (exact) mass is 273 g/mol. The van der Waals surface area contributed by atoms with Gasteiger partial charge < -0.3 is 10.3 Å². The Morgan fingerprint density at radius 2 is 2.05 bits per heavy atom. The van der Waals surface area contributed by atoms with E-state index in [1.165, 1.54) is 18.9 Å². The lowest BCUT2D eigenvalue weighted by atomic mass is 9.85. The summed E-state index contributed by atoms with van der Waals surface area (Å²) < 4.78 is 16.3. The highest BCUT2D eigenvalue weighted by Crippen LogP contribution is 2.43. The molecule has 2 aliphatic carbocycles. The number of para-hydroxylation sites is 1. The molecular weight excluding hydrogens is 253 g/mol. The molecule has 1 heterocycles. The van der Waals surface area contributed by atoms with E-state index in [1.807, 2.05) is 6.07 Å². The Morgan fingerprint density at radius 1 is 1.20 bits per heavy atom. The van der Waals surface area contributed by atoms with Gasteiger partial charge in [0.05, 0.1) is 5.52 Å². The summed E-state index contributed by atoms with van der Waals surface area (Å²) in [4.78, 5) is 4.66. The molecule has 106 valence electrons.